The topological polar surface area (TPSA) is 76.5 Å². The van der Waals surface area contributed by atoms with Crippen LogP contribution in [0.4, 0.5) is 16.2 Å². The van der Waals surface area contributed by atoms with E-state index in [1.807, 2.05) is 38.1 Å². The highest BCUT2D eigenvalue weighted by molar-refractivity contribution is 6.05. The van der Waals surface area contributed by atoms with Crippen LogP contribution in [0.15, 0.2) is 54.7 Å². The Kier molecular flexibility index (Phi) is 5.97. The number of hydrogen-bond donors (Lipinski definition) is 1. The minimum atomic E-state index is -0.460. The standard InChI is InChI=1S/C22H24N4O3/c1-5-20-19(14-23-26(20)18-10-6-15(2)7-11-18)21(27)24-16-8-12-17(13-9-16)25(3)22(28)29-4/h6-14H,5H2,1-4H3,(H,24,27). The number of rotatable bonds is 5. The van der Waals surface area contributed by atoms with Crippen LogP contribution >= 0.6 is 0 Å². The van der Waals surface area contributed by atoms with E-state index < -0.39 is 6.09 Å². The van der Waals surface area contributed by atoms with Crippen LogP contribution in [0.5, 0.6) is 0 Å². The smallest absolute Gasteiger partial charge is 0.413 e. The van der Waals surface area contributed by atoms with Gasteiger partial charge in [0.1, 0.15) is 0 Å². The van der Waals surface area contributed by atoms with Gasteiger partial charge in [0.05, 0.1) is 30.3 Å². The number of hydrogen-bond acceptors (Lipinski definition) is 4. The molecule has 29 heavy (non-hydrogen) atoms. The quantitative estimate of drug-likeness (QED) is 0.706. The van der Waals surface area contributed by atoms with Crippen molar-refractivity contribution in [2.45, 2.75) is 20.3 Å². The highest BCUT2D eigenvalue weighted by atomic mass is 16.5. The largest absolute Gasteiger partial charge is 0.452 e. The van der Waals surface area contributed by atoms with Crippen molar-refractivity contribution >= 4 is 23.4 Å². The molecule has 0 spiro atoms. The van der Waals surface area contributed by atoms with Crippen molar-refractivity contribution in [1.29, 1.82) is 0 Å². The summed E-state index contributed by atoms with van der Waals surface area (Å²) in [5.41, 5.74) is 4.75. The Bertz CT molecular complexity index is 1010. The third-order valence-corrected chi connectivity index (χ3v) is 4.69. The van der Waals surface area contributed by atoms with Crippen molar-refractivity contribution in [2.75, 3.05) is 24.4 Å². The number of anilines is 2. The molecule has 1 N–H and O–H groups in total. The van der Waals surface area contributed by atoms with Gasteiger partial charge in [0, 0.05) is 18.4 Å². The summed E-state index contributed by atoms with van der Waals surface area (Å²) in [6.07, 6.45) is 1.80. The van der Waals surface area contributed by atoms with Gasteiger partial charge in [-0.1, -0.05) is 24.6 Å². The zero-order valence-corrected chi connectivity index (χ0v) is 17.0. The number of nitrogens with one attached hydrogen (secondary N) is 1. The van der Waals surface area contributed by atoms with Crippen LogP contribution in [0.1, 0.15) is 28.5 Å². The van der Waals surface area contributed by atoms with Gasteiger partial charge < -0.3 is 10.1 Å². The summed E-state index contributed by atoms with van der Waals surface area (Å²) in [5, 5.41) is 7.30. The van der Waals surface area contributed by atoms with Crippen LogP contribution in [-0.2, 0) is 11.2 Å². The second-order valence-electron chi connectivity index (χ2n) is 6.64. The van der Waals surface area contributed by atoms with Gasteiger partial charge in [-0.05, 0) is 49.7 Å². The van der Waals surface area contributed by atoms with E-state index in [0.29, 0.717) is 23.4 Å². The maximum absolute atomic E-state index is 12.8. The number of benzene rings is 2. The summed E-state index contributed by atoms with van der Waals surface area (Å²) in [6.45, 7) is 4.02. The summed E-state index contributed by atoms with van der Waals surface area (Å²) in [4.78, 5) is 25.8. The number of amides is 2. The van der Waals surface area contributed by atoms with E-state index in [1.54, 1.807) is 42.2 Å². The number of aryl methyl sites for hydroxylation is 1. The summed E-state index contributed by atoms with van der Waals surface area (Å²) in [7, 11) is 2.95. The zero-order chi connectivity index (χ0) is 21.0. The van der Waals surface area contributed by atoms with Crippen LogP contribution < -0.4 is 10.2 Å². The molecule has 0 aliphatic heterocycles. The first-order chi connectivity index (χ1) is 13.9. The van der Waals surface area contributed by atoms with Gasteiger partial charge in [-0.3, -0.25) is 9.69 Å². The van der Waals surface area contributed by atoms with Gasteiger partial charge in [-0.2, -0.15) is 5.10 Å². The summed E-state index contributed by atoms with van der Waals surface area (Å²) < 4.78 is 6.49. The fourth-order valence-electron chi connectivity index (χ4n) is 3.02. The van der Waals surface area contributed by atoms with E-state index in [2.05, 4.69) is 10.4 Å². The third-order valence-electron chi connectivity index (χ3n) is 4.69. The minimum Gasteiger partial charge on any atom is -0.452 e. The number of carbonyl (C=O) groups is 2. The Morgan fingerprint density at radius 1 is 1.10 bits per heavy atom. The second kappa shape index (κ2) is 8.60. The average molecular weight is 392 g/mol. The Balaban J connectivity index is 1.79. The van der Waals surface area contributed by atoms with E-state index in [0.717, 1.165) is 11.4 Å². The van der Waals surface area contributed by atoms with E-state index in [1.165, 1.54) is 17.6 Å². The molecule has 0 fully saturated rings. The minimum absolute atomic E-state index is 0.228. The van der Waals surface area contributed by atoms with Gasteiger partial charge in [0.15, 0.2) is 0 Å². The first-order valence-electron chi connectivity index (χ1n) is 9.31. The number of ether oxygens (including phenoxy) is 1. The predicted molar refractivity (Wildman–Crippen MR) is 113 cm³/mol. The number of carbonyl (C=O) groups excluding carboxylic acids is 2. The molecule has 0 unspecified atom stereocenters. The van der Waals surface area contributed by atoms with Gasteiger partial charge in [0.25, 0.3) is 5.91 Å². The van der Waals surface area contributed by atoms with E-state index in [9.17, 15) is 9.59 Å². The van der Waals surface area contributed by atoms with Crippen molar-refractivity contribution in [3.8, 4) is 5.69 Å². The van der Waals surface area contributed by atoms with Crippen molar-refractivity contribution in [3.63, 3.8) is 0 Å². The second-order valence-corrected chi connectivity index (χ2v) is 6.64. The maximum atomic E-state index is 12.8. The first kappa shape index (κ1) is 20.1. The van der Waals surface area contributed by atoms with Crippen molar-refractivity contribution < 1.29 is 14.3 Å². The van der Waals surface area contributed by atoms with Crippen LogP contribution in [0.3, 0.4) is 0 Å². The molecule has 7 nitrogen and oxygen atoms in total. The van der Waals surface area contributed by atoms with Crippen molar-refractivity contribution in [3.05, 3.63) is 71.5 Å². The first-order valence-corrected chi connectivity index (χ1v) is 9.31. The van der Waals surface area contributed by atoms with Crippen molar-refractivity contribution in [1.82, 2.24) is 9.78 Å². The lowest BCUT2D eigenvalue weighted by Gasteiger charge is -2.16. The third kappa shape index (κ3) is 4.29. The predicted octanol–water partition coefficient (Wildman–Crippen LogP) is 4.20. The molecule has 3 aromatic rings. The molecule has 0 atom stereocenters. The van der Waals surface area contributed by atoms with Gasteiger partial charge in [-0.25, -0.2) is 9.48 Å². The maximum Gasteiger partial charge on any atom is 0.413 e. The molecule has 2 aromatic carbocycles. The molecule has 1 aromatic heterocycles. The number of methoxy groups -OCH3 is 1. The summed E-state index contributed by atoms with van der Waals surface area (Å²) >= 11 is 0. The van der Waals surface area contributed by atoms with E-state index in [-0.39, 0.29) is 5.91 Å². The number of aromatic nitrogens is 2. The highest BCUT2D eigenvalue weighted by Gasteiger charge is 2.18. The van der Waals surface area contributed by atoms with Gasteiger partial charge in [-0.15, -0.1) is 0 Å². The molecule has 0 aliphatic carbocycles. The van der Waals surface area contributed by atoms with Crippen LogP contribution in [0, 0.1) is 6.92 Å². The molecule has 0 radical (unpaired) electrons. The Morgan fingerprint density at radius 2 is 1.76 bits per heavy atom. The van der Waals surface area contributed by atoms with Crippen molar-refractivity contribution in [2.24, 2.45) is 0 Å². The lowest BCUT2D eigenvalue weighted by molar-refractivity contribution is 0.102. The summed E-state index contributed by atoms with van der Waals surface area (Å²) in [6, 6.07) is 15.0. The van der Waals surface area contributed by atoms with Crippen LogP contribution in [-0.4, -0.2) is 35.9 Å². The Hall–Kier alpha value is -3.61. The SMILES string of the molecule is CCc1c(C(=O)Nc2ccc(N(C)C(=O)OC)cc2)cnn1-c1ccc(C)cc1. The molecule has 1 heterocycles. The molecule has 0 saturated heterocycles. The molecule has 150 valence electrons. The highest BCUT2D eigenvalue weighted by Crippen LogP contribution is 2.20. The molecule has 0 bridgehead atoms. The molecular weight excluding hydrogens is 368 g/mol. The Morgan fingerprint density at radius 3 is 2.34 bits per heavy atom. The zero-order valence-electron chi connectivity index (χ0n) is 17.0. The lowest BCUT2D eigenvalue weighted by atomic mass is 10.1. The molecule has 0 aliphatic rings. The molecule has 7 heteroatoms. The van der Waals surface area contributed by atoms with E-state index >= 15 is 0 Å². The fourth-order valence-corrected chi connectivity index (χ4v) is 3.02. The molecule has 0 saturated carbocycles. The molecular formula is C22H24N4O3. The number of nitrogens with zero attached hydrogens (tertiary/aromatic N) is 3. The monoisotopic (exact) mass is 392 g/mol. The van der Waals surface area contributed by atoms with E-state index in [4.69, 9.17) is 4.74 Å². The lowest BCUT2D eigenvalue weighted by Crippen LogP contribution is -2.25. The van der Waals surface area contributed by atoms with Gasteiger partial charge >= 0.3 is 6.09 Å². The fraction of sp³-hybridized carbons (Fsp3) is 0.227. The molecule has 3 rings (SSSR count). The average Bonchev–Trinajstić information content (AvgIpc) is 3.18. The molecule has 2 amide bonds. The Labute approximate surface area is 169 Å². The normalized spacial score (nSPS) is 10.5. The van der Waals surface area contributed by atoms with Gasteiger partial charge in [0.2, 0.25) is 0 Å². The van der Waals surface area contributed by atoms with Crippen LogP contribution in [0.2, 0.25) is 0 Å². The summed E-state index contributed by atoms with van der Waals surface area (Å²) in [5.74, 6) is -0.228. The van der Waals surface area contributed by atoms with Crippen LogP contribution in [0.25, 0.3) is 5.69 Å².